The van der Waals surface area contributed by atoms with Crippen molar-refractivity contribution >= 4 is 5.78 Å². The lowest BCUT2D eigenvalue weighted by Crippen LogP contribution is -2.25. The second-order valence-electron chi connectivity index (χ2n) is 4.22. The van der Waals surface area contributed by atoms with E-state index in [0.717, 1.165) is 18.4 Å². The molecule has 2 nitrogen and oxygen atoms in total. The molecular weight excluding hydrogens is 188 g/mol. The van der Waals surface area contributed by atoms with E-state index in [2.05, 4.69) is 0 Å². The summed E-state index contributed by atoms with van der Waals surface area (Å²) in [6.45, 7) is 0. The molecule has 1 fully saturated rings. The molecule has 0 heterocycles. The minimum Gasteiger partial charge on any atom is -0.392 e. The van der Waals surface area contributed by atoms with Crippen molar-refractivity contribution in [1.82, 2.24) is 0 Å². The van der Waals surface area contributed by atoms with Crippen LogP contribution < -0.4 is 0 Å². The van der Waals surface area contributed by atoms with Crippen molar-refractivity contribution in [3.63, 3.8) is 0 Å². The predicted octanol–water partition coefficient (Wildman–Crippen LogP) is 1.96. The first-order valence-corrected chi connectivity index (χ1v) is 5.52. The maximum absolute atomic E-state index is 11.4. The van der Waals surface area contributed by atoms with Gasteiger partial charge in [0.2, 0.25) is 0 Å². The van der Waals surface area contributed by atoms with Gasteiger partial charge in [0.25, 0.3) is 0 Å². The van der Waals surface area contributed by atoms with E-state index in [0.29, 0.717) is 12.8 Å². The first kappa shape index (κ1) is 10.4. The highest BCUT2D eigenvalue weighted by Gasteiger charge is 2.30. The van der Waals surface area contributed by atoms with E-state index in [1.54, 1.807) is 0 Å². The van der Waals surface area contributed by atoms with Crippen LogP contribution in [0.1, 0.15) is 24.8 Å². The largest absolute Gasteiger partial charge is 0.392 e. The third kappa shape index (κ3) is 2.45. The second kappa shape index (κ2) is 4.58. The topological polar surface area (TPSA) is 37.3 Å². The number of Topliss-reactive ketones (excluding diaryl/α,β-unsaturated/α-hetero) is 1. The monoisotopic (exact) mass is 204 g/mol. The molecule has 0 aromatic heterocycles. The molecule has 0 spiro atoms. The number of aliphatic hydroxyl groups excluding tert-OH is 1. The Morgan fingerprint density at radius 2 is 2.07 bits per heavy atom. The van der Waals surface area contributed by atoms with Gasteiger partial charge in [0.15, 0.2) is 0 Å². The summed E-state index contributed by atoms with van der Waals surface area (Å²) in [6, 6.07) is 9.85. The zero-order valence-electron chi connectivity index (χ0n) is 8.73. The Labute approximate surface area is 89.9 Å². The first-order valence-electron chi connectivity index (χ1n) is 5.52. The SMILES string of the molecule is O=C1CCCC1C(O)Cc1ccccc1. The molecule has 2 heteroatoms. The van der Waals surface area contributed by atoms with Gasteiger partial charge in [-0.05, 0) is 24.8 Å². The summed E-state index contributed by atoms with van der Waals surface area (Å²) in [5, 5.41) is 9.95. The van der Waals surface area contributed by atoms with E-state index in [1.165, 1.54) is 0 Å². The minimum absolute atomic E-state index is 0.120. The molecule has 0 aliphatic heterocycles. The van der Waals surface area contributed by atoms with Crippen molar-refractivity contribution in [2.45, 2.75) is 31.8 Å². The van der Waals surface area contributed by atoms with Crippen LogP contribution in [0.3, 0.4) is 0 Å². The van der Waals surface area contributed by atoms with Crippen LogP contribution in [0.4, 0.5) is 0 Å². The molecule has 1 aromatic carbocycles. The summed E-state index contributed by atoms with van der Waals surface area (Å²) < 4.78 is 0. The average Bonchev–Trinajstić information content (AvgIpc) is 2.66. The highest BCUT2D eigenvalue weighted by Crippen LogP contribution is 2.26. The molecule has 1 aliphatic carbocycles. The molecule has 1 N–H and O–H groups in total. The normalized spacial score (nSPS) is 23.0. The molecule has 2 atom stereocenters. The lowest BCUT2D eigenvalue weighted by atomic mass is 9.94. The Morgan fingerprint density at radius 1 is 1.33 bits per heavy atom. The fourth-order valence-electron chi connectivity index (χ4n) is 2.25. The third-order valence-electron chi connectivity index (χ3n) is 3.10. The maximum Gasteiger partial charge on any atom is 0.138 e. The Bertz CT molecular complexity index is 332. The van der Waals surface area contributed by atoms with E-state index < -0.39 is 6.10 Å². The van der Waals surface area contributed by atoms with Crippen LogP contribution >= 0.6 is 0 Å². The van der Waals surface area contributed by atoms with Crippen LogP contribution in [0.15, 0.2) is 30.3 Å². The van der Waals surface area contributed by atoms with Gasteiger partial charge in [0, 0.05) is 12.3 Å². The van der Waals surface area contributed by atoms with E-state index in [1.807, 2.05) is 30.3 Å². The van der Waals surface area contributed by atoms with Crippen LogP contribution in [-0.2, 0) is 11.2 Å². The summed E-state index contributed by atoms with van der Waals surface area (Å²) in [5.41, 5.74) is 1.10. The van der Waals surface area contributed by atoms with E-state index in [9.17, 15) is 9.90 Å². The predicted molar refractivity (Wildman–Crippen MR) is 58.5 cm³/mol. The molecule has 2 unspecified atom stereocenters. The van der Waals surface area contributed by atoms with Crippen molar-refractivity contribution in [2.24, 2.45) is 5.92 Å². The Hall–Kier alpha value is -1.15. The van der Waals surface area contributed by atoms with E-state index in [4.69, 9.17) is 0 Å². The number of ketones is 1. The average molecular weight is 204 g/mol. The maximum atomic E-state index is 11.4. The van der Waals surface area contributed by atoms with Crippen LogP contribution in [0.2, 0.25) is 0 Å². The van der Waals surface area contributed by atoms with Crippen molar-refractivity contribution in [1.29, 1.82) is 0 Å². The number of hydrogen-bond acceptors (Lipinski definition) is 2. The summed E-state index contributed by atoms with van der Waals surface area (Å²) in [5.74, 6) is 0.114. The smallest absolute Gasteiger partial charge is 0.138 e. The van der Waals surface area contributed by atoms with Gasteiger partial charge in [-0.15, -0.1) is 0 Å². The number of rotatable bonds is 3. The molecule has 2 rings (SSSR count). The lowest BCUT2D eigenvalue weighted by molar-refractivity contribution is -0.123. The molecule has 80 valence electrons. The molecule has 1 saturated carbocycles. The molecule has 15 heavy (non-hydrogen) atoms. The zero-order valence-corrected chi connectivity index (χ0v) is 8.73. The van der Waals surface area contributed by atoms with Crippen molar-refractivity contribution in [3.8, 4) is 0 Å². The number of hydrogen-bond donors (Lipinski definition) is 1. The van der Waals surface area contributed by atoms with Gasteiger partial charge in [0.1, 0.15) is 5.78 Å². The van der Waals surface area contributed by atoms with Gasteiger partial charge >= 0.3 is 0 Å². The Morgan fingerprint density at radius 3 is 2.67 bits per heavy atom. The second-order valence-corrected chi connectivity index (χ2v) is 4.22. The Kier molecular flexibility index (Phi) is 3.17. The number of carbonyl (C=O) groups is 1. The molecule has 0 saturated heterocycles. The molecule has 1 aliphatic rings. The summed E-state index contributed by atoms with van der Waals surface area (Å²) in [7, 11) is 0. The summed E-state index contributed by atoms with van der Waals surface area (Å²) >= 11 is 0. The van der Waals surface area contributed by atoms with Crippen molar-refractivity contribution < 1.29 is 9.90 Å². The summed E-state index contributed by atoms with van der Waals surface area (Å²) in [4.78, 5) is 11.4. The minimum atomic E-state index is -0.498. The molecular formula is C13H16O2. The van der Waals surface area contributed by atoms with Crippen molar-refractivity contribution in [3.05, 3.63) is 35.9 Å². The van der Waals surface area contributed by atoms with Crippen molar-refractivity contribution in [2.75, 3.05) is 0 Å². The lowest BCUT2D eigenvalue weighted by Gasteiger charge is -2.16. The van der Waals surface area contributed by atoms with Gasteiger partial charge in [-0.3, -0.25) is 4.79 Å². The van der Waals surface area contributed by atoms with E-state index in [-0.39, 0.29) is 11.7 Å². The fraction of sp³-hybridized carbons (Fsp3) is 0.462. The van der Waals surface area contributed by atoms with Crippen LogP contribution in [0.5, 0.6) is 0 Å². The Balaban J connectivity index is 1.97. The van der Waals surface area contributed by atoms with Gasteiger partial charge in [-0.2, -0.15) is 0 Å². The molecule has 0 bridgehead atoms. The van der Waals surface area contributed by atoms with Crippen LogP contribution in [0.25, 0.3) is 0 Å². The number of aliphatic hydroxyl groups is 1. The van der Waals surface area contributed by atoms with E-state index >= 15 is 0 Å². The van der Waals surface area contributed by atoms with Gasteiger partial charge in [0.05, 0.1) is 6.10 Å². The molecule has 0 amide bonds. The van der Waals surface area contributed by atoms with Gasteiger partial charge < -0.3 is 5.11 Å². The first-order chi connectivity index (χ1) is 7.27. The van der Waals surface area contributed by atoms with Crippen LogP contribution in [-0.4, -0.2) is 17.0 Å². The van der Waals surface area contributed by atoms with Crippen LogP contribution in [0, 0.1) is 5.92 Å². The molecule has 0 radical (unpaired) electrons. The summed E-state index contributed by atoms with van der Waals surface area (Å²) in [6.07, 6.45) is 2.54. The van der Waals surface area contributed by atoms with Gasteiger partial charge in [-0.1, -0.05) is 30.3 Å². The number of carbonyl (C=O) groups excluding carboxylic acids is 1. The zero-order chi connectivity index (χ0) is 10.7. The standard InChI is InChI=1S/C13H16O2/c14-12-8-4-7-11(12)13(15)9-10-5-2-1-3-6-10/h1-3,5-6,11,13,15H,4,7-9H2. The fourth-order valence-corrected chi connectivity index (χ4v) is 2.25. The highest BCUT2D eigenvalue weighted by atomic mass is 16.3. The highest BCUT2D eigenvalue weighted by molar-refractivity contribution is 5.83. The number of benzene rings is 1. The van der Waals surface area contributed by atoms with Gasteiger partial charge in [-0.25, -0.2) is 0 Å². The third-order valence-corrected chi connectivity index (χ3v) is 3.10. The molecule has 1 aromatic rings. The quantitative estimate of drug-likeness (QED) is 0.817.